The van der Waals surface area contributed by atoms with Gasteiger partial charge in [0.1, 0.15) is 11.8 Å². The largest absolute Gasteiger partial charge is 0.348 e. The van der Waals surface area contributed by atoms with Crippen LogP contribution in [-0.4, -0.2) is 29.4 Å². The third-order valence-corrected chi connectivity index (χ3v) is 6.32. The Hall–Kier alpha value is -3.98. The number of nitrogens with one attached hydrogen (secondary N) is 1. The van der Waals surface area contributed by atoms with E-state index >= 15 is 0 Å². The molecule has 1 aliphatic carbocycles. The van der Waals surface area contributed by atoms with Crippen LogP contribution in [0.1, 0.15) is 61.5 Å². The molecule has 2 amide bonds. The molecule has 6 heteroatoms. The topological polar surface area (TPSA) is 86.1 Å². The van der Waals surface area contributed by atoms with Crippen LogP contribution in [-0.2, 0) is 12.8 Å². The number of rotatable bonds is 5. The second-order valence-electron chi connectivity index (χ2n) is 8.75. The fourth-order valence-electron chi connectivity index (χ4n) is 4.29. The molecule has 0 atom stereocenters. The monoisotopic (exact) mass is 436 g/mol. The summed E-state index contributed by atoms with van der Waals surface area (Å²) in [5, 5.41) is 12.4. The Morgan fingerprint density at radius 3 is 2.76 bits per heavy atom. The van der Waals surface area contributed by atoms with E-state index in [0.717, 1.165) is 41.5 Å². The molecule has 2 heterocycles. The van der Waals surface area contributed by atoms with Crippen molar-refractivity contribution in [1.82, 2.24) is 10.3 Å². The van der Waals surface area contributed by atoms with Crippen molar-refractivity contribution in [3.8, 4) is 6.07 Å². The number of aryl methyl sites for hydroxylation is 1. The molecule has 1 aromatic heterocycles. The Morgan fingerprint density at radius 2 is 2.03 bits per heavy atom. The standard InChI is InChI=1S/C27H24N4O2/c1-17-12-19-10-11-31(25-5-3-2-4-20(25)15-28)27(33)23(19)14-21(17)13-18-6-9-24(29-16-18)26(32)30-22-7-8-22/h2-6,9,12,14,16,22H,7-8,10-11,13H2,1H3,(H,30,32). The van der Waals surface area contributed by atoms with E-state index in [1.165, 1.54) is 0 Å². The van der Waals surface area contributed by atoms with Crippen LogP contribution in [0, 0.1) is 18.3 Å². The van der Waals surface area contributed by atoms with Crippen LogP contribution < -0.4 is 10.2 Å². The van der Waals surface area contributed by atoms with Crippen LogP contribution in [0.5, 0.6) is 0 Å². The molecule has 2 aromatic carbocycles. The van der Waals surface area contributed by atoms with Crippen molar-refractivity contribution < 1.29 is 9.59 Å². The molecule has 164 valence electrons. The Labute approximate surface area is 192 Å². The molecule has 5 rings (SSSR count). The normalized spacial score (nSPS) is 15.0. The van der Waals surface area contributed by atoms with Gasteiger partial charge in [0.25, 0.3) is 11.8 Å². The van der Waals surface area contributed by atoms with Gasteiger partial charge in [0.15, 0.2) is 0 Å². The summed E-state index contributed by atoms with van der Waals surface area (Å²) in [6, 6.07) is 17.5. The van der Waals surface area contributed by atoms with Crippen LogP contribution in [0.4, 0.5) is 5.69 Å². The van der Waals surface area contributed by atoms with Gasteiger partial charge in [-0.05, 0) is 79.1 Å². The molecule has 3 aromatic rings. The first-order valence-corrected chi connectivity index (χ1v) is 11.2. The number of para-hydroxylation sites is 1. The minimum atomic E-state index is -0.127. The van der Waals surface area contributed by atoms with Crippen LogP contribution in [0.2, 0.25) is 0 Å². The lowest BCUT2D eigenvalue weighted by Crippen LogP contribution is -2.38. The van der Waals surface area contributed by atoms with Crippen molar-refractivity contribution in [2.24, 2.45) is 0 Å². The first kappa shape index (κ1) is 20.9. The summed E-state index contributed by atoms with van der Waals surface area (Å²) >= 11 is 0. The van der Waals surface area contributed by atoms with Gasteiger partial charge < -0.3 is 10.2 Å². The van der Waals surface area contributed by atoms with Crippen molar-refractivity contribution >= 4 is 17.5 Å². The fraction of sp³-hybridized carbons (Fsp3) is 0.259. The number of nitriles is 1. The second kappa shape index (κ2) is 8.51. The summed E-state index contributed by atoms with van der Waals surface area (Å²) in [7, 11) is 0. The number of anilines is 1. The van der Waals surface area contributed by atoms with Gasteiger partial charge in [-0.2, -0.15) is 5.26 Å². The SMILES string of the molecule is Cc1cc2c(cc1Cc1ccc(C(=O)NC3CC3)nc1)C(=O)N(c1ccccc1C#N)CC2. The molecule has 6 nitrogen and oxygen atoms in total. The number of benzene rings is 2. The number of fused-ring (bicyclic) bond motifs is 1. The smallest absolute Gasteiger partial charge is 0.270 e. The van der Waals surface area contributed by atoms with Crippen molar-refractivity contribution in [2.75, 3.05) is 11.4 Å². The molecule has 33 heavy (non-hydrogen) atoms. The van der Waals surface area contributed by atoms with Gasteiger partial charge in [-0.3, -0.25) is 14.6 Å². The highest BCUT2D eigenvalue weighted by atomic mass is 16.2. The number of hydrogen-bond donors (Lipinski definition) is 1. The molecule has 1 aliphatic heterocycles. The number of hydrogen-bond acceptors (Lipinski definition) is 4. The van der Waals surface area contributed by atoms with E-state index in [4.69, 9.17) is 0 Å². The number of pyridine rings is 1. The van der Waals surface area contributed by atoms with Crippen LogP contribution in [0.3, 0.4) is 0 Å². The van der Waals surface area contributed by atoms with E-state index in [1.54, 1.807) is 29.3 Å². The molecule has 2 aliphatic rings. The Balaban J connectivity index is 1.39. The van der Waals surface area contributed by atoms with Crippen LogP contribution >= 0.6 is 0 Å². The summed E-state index contributed by atoms with van der Waals surface area (Å²) in [4.78, 5) is 31.6. The van der Waals surface area contributed by atoms with Gasteiger partial charge in [-0.15, -0.1) is 0 Å². The average Bonchev–Trinajstić information content (AvgIpc) is 3.65. The number of carbonyl (C=O) groups excluding carboxylic acids is 2. The van der Waals surface area contributed by atoms with Crippen LogP contribution in [0.15, 0.2) is 54.7 Å². The molecule has 1 N–H and O–H groups in total. The maximum atomic E-state index is 13.4. The lowest BCUT2D eigenvalue weighted by atomic mass is 9.91. The first-order chi connectivity index (χ1) is 16.0. The lowest BCUT2D eigenvalue weighted by molar-refractivity contribution is 0.0944. The molecule has 1 saturated carbocycles. The number of aromatic nitrogens is 1. The number of nitrogens with zero attached hydrogens (tertiary/aromatic N) is 3. The quantitative estimate of drug-likeness (QED) is 0.656. The van der Waals surface area contributed by atoms with Gasteiger partial charge in [0.2, 0.25) is 0 Å². The zero-order valence-corrected chi connectivity index (χ0v) is 18.5. The number of carbonyl (C=O) groups is 2. The molecular formula is C27H24N4O2. The third-order valence-electron chi connectivity index (χ3n) is 6.32. The predicted molar refractivity (Wildman–Crippen MR) is 125 cm³/mol. The molecule has 0 spiro atoms. The molecule has 0 saturated heterocycles. The lowest BCUT2D eigenvalue weighted by Gasteiger charge is -2.30. The van der Waals surface area contributed by atoms with Crippen molar-refractivity contribution in [1.29, 1.82) is 5.26 Å². The predicted octanol–water partition coefficient (Wildman–Crippen LogP) is 3.95. The van der Waals surface area contributed by atoms with E-state index in [0.29, 0.717) is 41.5 Å². The molecule has 0 radical (unpaired) electrons. The molecular weight excluding hydrogens is 412 g/mol. The Kier molecular flexibility index (Phi) is 5.39. The summed E-state index contributed by atoms with van der Waals surface area (Å²) in [6.45, 7) is 2.61. The average molecular weight is 437 g/mol. The maximum Gasteiger partial charge on any atom is 0.270 e. The van der Waals surface area contributed by atoms with Crippen molar-refractivity contribution in [3.63, 3.8) is 0 Å². The van der Waals surface area contributed by atoms with Gasteiger partial charge >= 0.3 is 0 Å². The molecule has 0 unspecified atom stereocenters. The van der Waals surface area contributed by atoms with Gasteiger partial charge in [0.05, 0.1) is 11.3 Å². The highest BCUT2D eigenvalue weighted by Gasteiger charge is 2.28. The zero-order chi connectivity index (χ0) is 22.9. The molecule has 1 fully saturated rings. The van der Waals surface area contributed by atoms with E-state index in [-0.39, 0.29) is 11.8 Å². The first-order valence-electron chi connectivity index (χ1n) is 11.2. The number of amides is 2. The van der Waals surface area contributed by atoms with Crippen molar-refractivity contribution in [2.45, 2.75) is 38.6 Å². The molecule has 0 bridgehead atoms. The van der Waals surface area contributed by atoms with E-state index < -0.39 is 0 Å². The van der Waals surface area contributed by atoms with Crippen LogP contribution in [0.25, 0.3) is 0 Å². The maximum absolute atomic E-state index is 13.4. The Morgan fingerprint density at radius 1 is 1.21 bits per heavy atom. The zero-order valence-electron chi connectivity index (χ0n) is 18.5. The van der Waals surface area contributed by atoms with Gasteiger partial charge in [0, 0.05) is 24.3 Å². The minimum absolute atomic E-state index is 0.0783. The van der Waals surface area contributed by atoms with E-state index in [2.05, 4.69) is 29.4 Å². The summed E-state index contributed by atoms with van der Waals surface area (Å²) in [5.74, 6) is -0.206. The highest BCUT2D eigenvalue weighted by molar-refractivity contribution is 6.09. The summed E-state index contributed by atoms with van der Waals surface area (Å²) in [5.41, 5.74) is 6.46. The van der Waals surface area contributed by atoms with Gasteiger partial charge in [-0.1, -0.05) is 24.3 Å². The van der Waals surface area contributed by atoms with E-state index in [9.17, 15) is 14.9 Å². The highest BCUT2D eigenvalue weighted by Crippen LogP contribution is 2.29. The second-order valence-corrected chi connectivity index (χ2v) is 8.75. The van der Waals surface area contributed by atoms with Crippen molar-refractivity contribution in [3.05, 3.63) is 93.8 Å². The van der Waals surface area contributed by atoms with Gasteiger partial charge in [-0.25, -0.2) is 0 Å². The van der Waals surface area contributed by atoms with E-state index in [1.807, 2.05) is 24.3 Å². The Bertz CT molecular complexity index is 1290. The third kappa shape index (κ3) is 4.22. The minimum Gasteiger partial charge on any atom is -0.348 e. The summed E-state index contributed by atoms with van der Waals surface area (Å²) in [6.07, 6.45) is 5.18. The summed E-state index contributed by atoms with van der Waals surface area (Å²) < 4.78 is 0. The fourth-order valence-corrected chi connectivity index (χ4v) is 4.29.